The fourth-order valence-corrected chi connectivity index (χ4v) is 7.22. The van der Waals surface area contributed by atoms with Gasteiger partial charge in [-0.15, -0.1) is 0 Å². The SMILES string of the molecule is COc1ccc(C(=O)Nc2ccn([C@@H]3O[C@H](COC(C4=CCC(OC)(OC)C=C4)(c4ccccc4)c4ccccc4)[C@@H](O)[C@H]3OC3CCCO3)c(=O)n2)cc1. The Balaban J connectivity index is 1.19. The van der Waals surface area contributed by atoms with Gasteiger partial charge in [0.25, 0.3) is 5.91 Å². The zero-order valence-corrected chi connectivity index (χ0v) is 30.9. The van der Waals surface area contributed by atoms with Crippen molar-refractivity contribution in [3.05, 3.63) is 148 Å². The Kier molecular flexibility index (Phi) is 11.7. The van der Waals surface area contributed by atoms with Crippen molar-refractivity contribution in [1.29, 1.82) is 0 Å². The Bertz CT molecular complexity index is 1990. The maximum Gasteiger partial charge on any atom is 0.351 e. The summed E-state index contributed by atoms with van der Waals surface area (Å²) in [6.07, 6.45) is 4.25. The number of nitrogens with zero attached hydrogens (tertiary/aromatic N) is 2. The second kappa shape index (κ2) is 16.8. The van der Waals surface area contributed by atoms with Crippen molar-refractivity contribution in [2.45, 2.75) is 61.5 Å². The smallest absolute Gasteiger partial charge is 0.351 e. The van der Waals surface area contributed by atoms with Crippen molar-refractivity contribution in [3.63, 3.8) is 0 Å². The summed E-state index contributed by atoms with van der Waals surface area (Å²) in [5.74, 6) is -0.723. The van der Waals surface area contributed by atoms with E-state index in [-0.39, 0.29) is 12.4 Å². The van der Waals surface area contributed by atoms with Crippen molar-refractivity contribution in [2.75, 3.05) is 39.9 Å². The van der Waals surface area contributed by atoms with Gasteiger partial charge in [0.05, 0.1) is 13.7 Å². The van der Waals surface area contributed by atoms with Crippen LogP contribution in [0.2, 0.25) is 0 Å². The normalized spacial score (nSPS) is 23.3. The highest BCUT2D eigenvalue weighted by atomic mass is 16.7. The van der Waals surface area contributed by atoms with Crippen LogP contribution in [0.4, 0.5) is 5.82 Å². The molecule has 3 heterocycles. The second-order valence-electron chi connectivity index (χ2n) is 13.4. The molecule has 55 heavy (non-hydrogen) atoms. The van der Waals surface area contributed by atoms with Crippen LogP contribution in [0.25, 0.3) is 0 Å². The molecule has 2 fully saturated rings. The Labute approximate surface area is 319 Å². The molecule has 2 aliphatic heterocycles. The molecule has 1 aromatic heterocycles. The second-order valence-corrected chi connectivity index (χ2v) is 13.4. The molecular formula is C42H45N3O10. The van der Waals surface area contributed by atoms with E-state index in [1.165, 1.54) is 23.9 Å². The first-order valence-corrected chi connectivity index (χ1v) is 18.2. The number of hydrogen-bond acceptors (Lipinski definition) is 11. The average Bonchev–Trinajstić information content (AvgIpc) is 3.86. The van der Waals surface area contributed by atoms with Gasteiger partial charge in [0, 0.05) is 45.4 Å². The molecule has 0 bridgehead atoms. The number of anilines is 1. The molecule has 288 valence electrons. The number of carbonyl (C=O) groups is 1. The Morgan fingerprint density at radius 3 is 2.24 bits per heavy atom. The van der Waals surface area contributed by atoms with Crippen LogP contribution in [0.3, 0.4) is 0 Å². The predicted octanol–water partition coefficient (Wildman–Crippen LogP) is 5.12. The lowest BCUT2D eigenvalue weighted by atomic mass is 9.77. The average molecular weight is 752 g/mol. The van der Waals surface area contributed by atoms with Crippen LogP contribution >= 0.6 is 0 Å². The zero-order valence-electron chi connectivity index (χ0n) is 30.9. The molecule has 0 spiro atoms. The largest absolute Gasteiger partial charge is 0.497 e. The lowest BCUT2D eigenvalue weighted by Crippen LogP contribution is -2.42. The van der Waals surface area contributed by atoms with Crippen LogP contribution in [0.5, 0.6) is 5.75 Å². The van der Waals surface area contributed by atoms with Crippen LogP contribution in [-0.4, -0.2) is 85.5 Å². The third-order valence-corrected chi connectivity index (χ3v) is 10.3. The first-order chi connectivity index (χ1) is 26.8. The number of ether oxygens (including phenoxy) is 7. The highest BCUT2D eigenvalue weighted by Crippen LogP contribution is 2.45. The van der Waals surface area contributed by atoms with Crippen LogP contribution < -0.4 is 15.7 Å². The first-order valence-electron chi connectivity index (χ1n) is 18.2. The van der Waals surface area contributed by atoms with Gasteiger partial charge in [0.15, 0.2) is 18.3 Å². The van der Waals surface area contributed by atoms with Gasteiger partial charge < -0.3 is 43.6 Å². The van der Waals surface area contributed by atoms with Gasteiger partial charge in [-0.05, 0) is 59.5 Å². The molecule has 13 heteroatoms. The van der Waals surface area contributed by atoms with Crippen LogP contribution in [0.15, 0.2) is 126 Å². The summed E-state index contributed by atoms with van der Waals surface area (Å²) in [6.45, 7) is 0.415. The molecule has 1 amide bonds. The van der Waals surface area contributed by atoms with Gasteiger partial charge in [-0.25, -0.2) is 4.79 Å². The third-order valence-electron chi connectivity index (χ3n) is 10.3. The predicted molar refractivity (Wildman–Crippen MR) is 201 cm³/mol. The maximum atomic E-state index is 13.6. The fraction of sp³-hybridized carbons (Fsp3) is 0.357. The standard InChI is InChI=1S/C42H45N3O10/c1-49-32-18-16-28(17-19-32)38(47)43-34-22-25-45(40(48)44-34)39-37(55-35-15-10-26-52-35)36(46)33(54-39)27-53-42(29-11-6-4-7-12-29,30-13-8-5-9-14-30)31-20-23-41(50-2,51-3)24-21-31/h4-9,11-14,16-23,25,33,35-37,39,46H,10,15,24,26-27H2,1-3H3,(H,43,44,47,48)/t33-,35?,36-,37-,39-/m1/s1. The van der Waals surface area contributed by atoms with E-state index in [9.17, 15) is 14.7 Å². The number of hydrogen-bond donors (Lipinski definition) is 2. The summed E-state index contributed by atoms with van der Waals surface area (Å²) < 4.78 is 43.4. The minimum Gasteiger partial charge on any atom is -0.497 e. The van der Waals surface area contributed by atoms with E-state index in [2.05, 4.69) is 10.3 Å². The van der Waals surface area contributed by atoms with Gasteiger partial charge >= 0.3 is 5.69 Å². The van der Waals surface area contributed by atoms with E-state index < -0.39 is 53.8 Å². The molecule has 5 atom stereocenters. The topological polar surface area (TPSA) is 149 Å². The van der Waals surface area contributed by atoms with Gasteiger partial charge in [-0.1, -0.05) is 72.8 Å². The zero-order chi connectivity index (χ0) is 38.4. The molecular weight excluding hydrogens is 706 g/mol. The third kappa shape index (κ3) is 7.91. The van der Waals surface area contributed by atoms with Crippen molar-refractivity contribution in [2.24, 2.45) is 0 Å². The van der Waals surface area contributed by atoms with Gasteiger partial charge in [0.2, 0.25) is 0 Å². The number of carbonyl (C=O) groups excluding carboxylic acids is 1. The molecule has 0 radical (unpaired) electrons. The fourth-order valence-electron chi connectivity index (χ4n) is 7.22. The van der Waals surface area contributed by atoms with Crippen molar-refractivity contribution in [1.82, 2.24) is 9.55 Å². The lowest BCUT2D eigenvalue weighted by Gasteiger charge is -2.40. The number of amides is 1. The van der Waals surface area contributed by atoms with E-state index in [0.717, 1.165) is 23.1 Å². The minimum atomic E-state index is -1.23. The van der Waals surface area contributed by atoms with Crippen molar-refractivity contribution < 1.29 is 43.1 Å². The number of benzene rings is 3. The Hall–Kier alpha value is -4.99. The number of rotatable bonds is 14. The van der Waals surface area contributed by atoms with Crippen molar-refractivity contribution >= 4 is 11.7 Å². The Morgan fingerprint density at radius 1 is 0.982 bits per heavy atom. The van der Waals surface area contributed by atoms with E-state index in [1.807, 2.05) is 78.9 Å². The quantitative estimate of drug-likeness (QED) is 0.166. The molecule has 3 aliphatic rings. The maximum absolute atomic E-state index is 13.6. The summed E-state index contributed by atoms with van der Waals surface area (Å²) in [7, 11) is 4.74. The summed E-state index contributed by atoms with van der Waals surface area (Å²) in [6, 6.07) is 27.7. The van der Waals surface area contributed by atoms with E-state index in [4.69, 9.17) is 33.2 Å². The van der Waals surface area contributed by atoms with Crippen LogP contribution in [-0.2, 0) is 34.0 Å². The number of aliphatic hydroxyl groups is 1. The summed E-state index contributed by atoms with van der Waals surface area (Å²) in [4.78, 5) is 30.6. The highest BCUT2D eigenvalue weighted by molar-refractivity contribution is 6.03. The monoisotopic (exact) mass is 751 g/mol. The number of methoxy groups -OCH3 is 3. The van der Waals surface area contributed by atoms with Crippen LogP contribution in [0, 0.1) is 0 Å². The molecule has 2 saturated heterocycles. The molecule has 13 nitrogen and oxygen atoms in total. The molecule has 1 unspecified atom stereocenters. The molecule has 0 saturated carbocycles. The molecule has 7 rings (SSSR count). The van der Waals surface area contributed by atoms with Gasteiger partial charge in [0.1, 0.15) is 35.5 Å². The van der Waals surface area contributed by atoms with Crippen LogP contribution in [0.1, 0.15) is 47.0 Å². The van der Waals surface area contributed by atoms with Gasteiger partial charge in [-0.3, -0.25) is 9.36 Å². The van der Waals surface area contributed by atoms with E-state index in [0.29, 0.717) is 30.8 Å². The highest BCUT2D eigenvalue weighted by Gasteiger charge is 2.50. The number of aromatic nitrogens is 2. The molecule has 4 aromatic rings. The molecule has 1 aliphatic carbocycles. The van der Waals surface area contributed by atoms with E-state index >= 15 is 0 Å². The van der Waals surface area contributed by atoms with Gasteiger partial charge in [-0.2, -0.15) is 4.98 Å². The van der Waals surface area contributed by atoms with E-state index in [1.54, 1.807) is 38.5 Å². The number of aliphatic hydroxyl groups excluding tert-OH is 1. The van der Waals surface area contributed by atoms with Crippen molar-refractivity contribution in [3.8, 4) is 5.75 Å². The summed E-state index contributed by atoms with van der Waals surface area (Å²) in [5.41, 5.74) is 1.03. The first kappa shape index (κ1) is 38.3. The summed E-state index contributed by atoms with van der Waals surface area (Å²) in [5, 5.41) is 14.6. The molecule has 2 N–H and O–H groups in total. The minimum absolute atomic E-state index is 0.0485. The Morgan fingerprint density at radius 2 is 1.67 bits per heavy atom. The molecule has 3 aromatic carbocycles. The number of nitrogens with one attached hydrogen (secondary N) is 1. The lowest BCUT2D eigenvalue weighted by molar-refractivity contribution is -0.182. The summed E-state index contributed by atoms with van der Waals surface area (Å²) >= 11 is 0.